The smallest absolute Gasteiger partial charge is 0.319 e. The molecule has 2 aromatic carbocycles. The van der Waals surface area contributed by atoms with Crippen molar-refractivity contribution in [3.05, 3.63) is 70.7 Å². The van der Waals surface area contributed by atoms with Gasteiger partial charge in [-0.1, -0.05) is 54.1 Å². The first-order valence-corrected chi connectivity index (χ1v) is 11.3. The molecule has 1 N–H and O–H groups in total. The lowest BCUT2D eigenvalue weighted by atomic mass is 9.85. The molecule has 3 fully saturated rings. The van der Waals surface area contributed by atoms with E-state index in [1.165, 1.54) is 10.5 Å². The molecule has 0 aromatic heterocycles. The van der Waals surface area contributed by atoms with Gasteiger partial charge in [0.25, 0.3) is 5.91 Å². The number of amides is 3. The molecule has 1 atom stereocenters. The van der Waals surface area contributed by atoms with E-state index in [2.05, 4.69) is 39.4 Å². The highest BCUT2D eigenvalue weighted by atomic mass is 35.5. The van der Waals surface area contributed by atoms with Crippen molar-refractivity contribution in [2.45, 2.75) is 24.9 Å². The first-order valence-electron chi connectivity index (χ1n) is 10.9. The molecule has 2 heterocycles. The van der Waals surface area contributed by atoms with E-state index in [1.807, 2.05) is 18.2 Å². The summed E-state index contributed by atoms with van der Waals surface area (Å²) in [5.41, 5.74) is 1.19. The SMILES string of the molecule is O=C1NC(c2ccc(Cl)cc2)(C2CC2)C(=O)N1CN1CCN(Cc2ccccc2)CC1. The van der Waals surface area contributed by atoms with Crippen LogP contribution in [0.4, 0.5) is 4.79 Å². The third kappa shape index (κ3) is 3.95. The zero-order valence-corrected chi connectivity index (χ0v) is 18.2. The number of carbonyl (C=O) groups excluding carboxylic acids is 2. The van der Waals surface area contributed by atoms with Crippen LogP contribution in [0.5, 0.6) is 0 Å². The van der Waals surface area contributed by atoms with Crippen molar-refractivity contribution in [2.75, 3.05) is 32.8 Å². The van der Waals surface area contributed by atoms with Gasteiger partial charge in [-0.3, -0.25) is 14.6 Å². The quantitative estimate of drug-likeness (QED) is 0.703. The van der Waals surface area contributed by atoms with Gasteiger partial charge < -0.3 is 5.32 Å². The fraction of sp³-hybridized carbons (Fsp3) is 0.417. The molecule has 2 aromatic rings. The molecule has 7 heteroatoms. The molecular formula is C24H27ClN4O2. The van der Waals surface area contributed by atoms with Gasteiger partial charge in [-0.2, -0.15) is 0 Å². The monoisotopic (exact) mass is 438 g/mol. The van der Waals surface area contributed by atoms with E-state index in [0.29, 0.717) is 11.7 Å². The molecule has 1 saturated carbocycles. The Morgan fingerprint density at radius 1 is 0.903 bits per heavy atom. The second kappa shape index (κ2) is 8.26. The molecule has 0 spiro atoms. The molecule has 3 amide bonds. The van der Waals surface area contributed by atoms with Gasteiger partial charge >= 0.3 is 6.03 Å². The molecule has 5 rings (SSSR count). The zero-order valence-electron chi connectivity index (χ0n) is 17.5. The molecule has 3 aliphatic rings. The first kappa shape index (κ1) is 20.5. The molecule has 1 aliphatic carbocycles. The Labute approximate surface area is 187 Å². The van der Waals surface area contributed by atoms with Gasteiger partial charge in [-0.15, -0.1) is 0 Å². The minimum Gasteiger partial charge on any atom is -0.319 e. The number of hydrogen-bond donors (Lipinski definition) is 1. The van der Waals surface area contributed by atoms with Crippen LogP contribution in [0.2, 0.25) is 5.02 Å². The Morgan fingerprint density at radius 2 is 1.55 bits per heavy atom. The number of urea groups is 1. The first-order chi connectivity index (χ1) is 15.1. The number of carbonyl (C=O) groups is 2. The lowest BCUT2D eigenvalue weighted by Crippen LogP contribution is -2.51. The number of rotatable bonds is 6. The van der Waals surface area contributed by atoms with Gasteiger partial charge in [0.1, 0.15) is 5.54 Å². The predicted molar refractivity (Wildman–Crippen MR) is 119 cm³/mol. The zero-order chi connectivity index (χ0) is 21.4. The lowest BCUT2D eigenvalue weighted by molar-refractivity contribution is -0.134. The topological polar surface area (TPSA) is 55.9 Å². The van der Waals surface area contributed by atoms with Crippen molar-refractivity contribution in [2.24, 2.45) is 5.92 Å². The summed E-state index contributed by atoms with van der Waals surface area (Å²) in [4.78, 5) is 32.5. The molecule has 0 radical (unpaired) electrons. The normalized spacial score (nSPS) is 25.1. The average molecular weight is 439 g/mol. The highest BCUT2D eigenvalue weighted by Gasteiger charge is 2.60. The van der Waals surface area contributed by atoms with Gasteiger partial charge in [0.05, 0.1) is 6.67 Å². The molecule has 2 saturated heterocycles. The van der Waals surface area contributed by atoms with Crippen LogP contribution < -0.4 is 5.32 Å². The van der Waals surface area contributed by atoms with Crippen molar-refractivity contribution in [1.29, 1.82) is 0 Å². The number of imide groups is 1. The molecule has 1 unspecified atom stereocenters. The Balaban J connectivity index is 1.25. The summed E-state index contributed by atoms with van der Waals surface area (Å²) in [6.07, 6.45) is 1.89. The fourth-order valence-corrected chi connectivity index (χ4v) is 4.92. The second-order valence-electron chi connectivity index (χ2n) is 8.77. The summed E-state index contributed by atoms with van der Waals surface area (Å²) in [6.45, 7) is 4.78. The maximum atomic E-state index is 13.6. The number of benzene rings is 2. The van der Waals surface area contributed by atoms with Crippen LogP contribution >= 0.6 is 11.6 Å². The minimum absolute atomic E-state index is 0.131. The highest BCUT2D eigenvalue weighted by molar-refractivity contribution is 6.30. The van der Waals surface area contributed by atoms with Gasteiger partial charge in [-0.25, -0.2) is 9.69 Å². The third-order valence-electron chi connectivity index (χ3n) is 6.68. The third-order valence-corrected chi connectivity index (χ3v) is 6.93. The Morgan fingerprint density at radius 3 is 2.19 bits per heavy atom. The summed E-state index contributed by atoms with van der Waals surface area (Å²) in [5.74, 6) is 0.0203. The van der Waals surface area contributed by atoms with Crippen LogP contribution in [0, 0.1) is 5.92 Å². The van der Waals surface area contributed by atoms with Crippen LogP contribution in [-0.2, 0) is 16.9 Å². The largest absolute Gasteiger partial charge is 0.326 e. The highest BCUT2D eigenvalue weighted by Crippen LogP contribution is 2.49. The van der Waals surface area contributed by atoms with E-state index >= 15 is 0 Å². The van der Waals surface area contributed by atoms with Gasteiger partial charge in [0.15, 0.2) is 0 Å². The second-order valence-corrected chi connectivity index (χ2v) is 9.21. The van der Waals surface area contributed by atoms with Crippen LogP contribution in [0.1, 0.15) is 24.0 Å². The van der Waals surface area contributed by atoms with Crippen molar-refractivity contribution in [3.8, 4) is 0 Å². The molecule has 162 valence electrons. The predicted octanol–water partition coefficient (Wildman–Crippen LogP) is 3.27. The number of nitrogens with zero attached hydrogens (tertiary/aromatic N) is 3. The number of nitrogens with one attached hydrogen (secondary N) is 1. The molecular weight excluding hydrogens is 412 g/mol. The average Bonchev–Trinajstić information content (AvgIpc) is 3.60. The van der Waals surface area contributed by atoms with E-state index in [9.17, 15) is 9.59 Å². The fourth-order valence-electron chi connectivity index (χ4n) is 4.79. The van der Waals surface area contributed by atoms with Crippen molar-refractivity contribution < 1.29 is 9.59 Å². The van der Waals surface area contributed by atoms with E-state index < -0.39 is 5.54 Å². The summed E-state index contributed by atoms with van der Waals surface area (Å²) >= 11 is 6.05. The summed E-state index contributed by atoms with van der Waals surface area (Å²) in [7, 11) is 0. The Kier molecular flexibility index (Phi) is 5.46. The number of piperazine rings is 1. The van der Waals surface area contributed by atoms with Crippen LogP contribution in [-0.4, -0.2) is 59.5 Å². The lowest BCUT2D eigenvalue weighted by Gasteiger charge is -2.36. The van der Waals surface area contributed by atoms with Crippen LogP contribution in [0.3, 0.4) is 0 Å². The molecule has 6 nitrogen and oxygen atoms in total. The van der Waals surface area contributed by atoms with E-state index in [0.717, 1.165) is 51.1 Å². The van der Waals surface area contributed by atoms with E-state index in [4.69, 9.17) is 11.6 Å². The van der Waals surface area contributed by atoms with Crippen LogP contribution in [0.15, 0.2) is 54.6 Å². The van der Waals surface area contributed by atoms with Gasteiger partial charge in [-0.05, 0) is 42.0 Å². The van der Waals surface area contributed by atoms with Crippen molar-refractivity contribution >= 4 is 23.5 Å². The molecule has 2 aliphatic heterocycles. The van der Waals surface area contributed by atoms with Crippen molar-refractivity contribution in [1.82, 2.24) is 20.0 Å². The maximum Gasteiger partial charge on any atom is 0.326 e. The summed E-state index contributed by atoms with van der Waals surface area (Å²) in [6, 6.07) is 17.5. The van der Waals surface area contributed by atoms with Gasteiger partial charge in [0, 0.05) is 37.7 Å². The molecule has 0 bridgehead atoms. The summed E-state index contributed by atoms with van der Waals surface area (Å²) in [5, 5.41) is 3.68. The number of halogens is 1. The standard InChI is InChI=1S/C24H27ClN4O2/c25-21-10-8-20(9-11-21)24(19-6-7-19)22(30)29(23(31)26-24)17-28-14-12-27(13-15-28)16-18-4-2-1-3-5-18/h1-5,8-11,19H,6-7,12-17H2,(H,26,31). The summed E-state index contributed by atoms with van der Waals surface area (Å²) < 4.78 is 0. The van der Waals surface area contributed by atoms with Crippen LogP contribution in [0.25, 0.3) is 0 Å². The van der Waals surface area contributed by atoms with E-state index in [-0.39, 0.29) is 17.9 Å². The Bertz CT molecular complexity index is 955. The molecule has 31 heavy (non-hydrogen) atoms. The minimum atomic E-state index is -0.948. The van der Waals surface area contributed by atoms with E-state index in [1.54, 1.807) is 12.1 Å². The maximum absolute atomic E-state index is 13.6. The number of hydrogen-bond acceptors (Lipinski definition) is 4. The van der Waals surface area contributed by atoms with Gasteiger partial charge in [0.2, 0.25) is 0 Å². The van der Waals surface area contributed by atoms with Crippen molar-refractivity contribution in [3.63, 3.8) is 0 Å². The Hall–Kier alpha value is -2.41.